The molecule has 10 heteroatoms. The Morgan fingerprint density at radius 1 is 1.11 bits per heavy atom. The lowest BCUT2D eigenvalue weighted by molar-refractivity contribution is -0.274. The van der Waals surface area contributed by atoms with Crippen LogP contribution in [0.15, 0.2) is 53.4 Å². The van der Waals surface area contributed by atoms with Crippen LogP contribution in [0.3, 0.4) is 0 Å². The third kappa shape index (κ3) is 4.12. The lowest BCUT2D eigenvalue weighted by atomic mass is 9.89. The maximum absolute atomic E-state index is 13.2. The predicted molar refractivity (Wildman–Crippen MR) is 98.7 cm³/mol. The Morgan fingerprint density at radius 3 is 2.21 bits per heavy atom. The summed E-state index contributed by atoms with van der Waals surface area (Å²) in [7, 11) is -2.51. The molecule has 3 rings (SSSR count). The Hall–Kier alpha value is -1.81. The third-order valence-corrected chi connectivity index (χ3v) is 7.02. The summed E-state index contributed by atoms with van der Waals surface area (Å²) >= 11 is 5.95. The number of nitrogens with one attached hydrogen (secondary N) is 1. The van der Waals surface area contributed by atoms with Crippen LogP contribution in [0.4, 0.5) is 13.2 Å². The number of nitrogens with zero attached hydrogens (tertiary/aromatic N) is 1. The van der Waals surface area contributed by atoms with Gasteiger partial charge >= 0.3 is 6.36 Å². The SMILES string of the molecule is CN(C1(c2ccc(Cl)cc2)CCNC1)S(=O)(=O)c1ccc(OC(F)(F)F)cc1. The molecule has 152 valence electrons. The number of likely N-dealkylation sites (N-methyl/N-ethyl adjacent to an activating group) is 1. The van der Waals surface area contributed by atoms with Crippen molar-refractivity contribution in [2.45, 2.75) is 23.2 Å². The Morgan fingerprint density at radius 2 is 1.71 bits per heavy atom. The first-order valence-corrected chi connectivity index (χ1v) is 10.2. The molecule has 0 amide bonds. The molecule has 0 aromatic heterocycles. The van der Waals surface area contributed by atoms with E-state index < -0.39 is 27.7 Å². The molecule has 1 N–H and O–H groups in total. The van der Waals surface area contributed by atoms with Crippen molar-refractivity contribution >= 4 is 21.6 Å². The smallest absolute Gasteiger partial charge is 0.406 e. The van der Waals surface area contributed by atoms with Gasteiger partial charge in [0, 0.05) is 18.6 Å². The number of halogens is 4. The maximum Gasteiger partial charge on any atom is 0.573 e. The molecule has 0 radical (unpaired) electrons. The molecule has 0 saturated carbocycles. The van der Waals surface area contributed by atoms with E-state index in [-0.39, 0.29) is 4.90 Å². The number of hydrogen-bond acceptors (Lipinski definition) is 4. The minimum absolute atomic E-state index is 0.121. The van der Waals surface area contributed by atoms with Crippen molar-refractivity contribution in [2.75, 3.05) is 20.1 Å². The molecule has 5 nitrogen and oxygen atoms in total. The van der Waals surface area contributed by atoms with E-state index in [9.17, 15) is 21.6 Å². The van der Waals surface area contributed by atoms with Crippen molar-refractivity contribution in [3.63, 3.8) is 0 Å². The van der Waals surface area contributed by atoms with Crippen LogP contribution in [0.1, 0.15) is 12.0 Å². The van der Waals surface area contributed by atoms with Crippen molar-refractivity contribution in [2.24, 2.45) is 0 Å². The number of rotatable bonds is 5. The fraction of sp³-hybridized carbons (Fsp3) is 0.333. The minimum Gasteiger partial charge on any atom is -0.406 e. The molecule has 1 aliphatic rings. The molecule has 1 heterocycles. The van der Waals surface area contributed by atoms with Crippen LogP contribution in [0.2, 0.25) is 5.02 Å². The summed E-state index contributed by atoms with van der Waals surface area (Å²) < 4.78 is 68.3. The molecule has 28 heavy (non-hydrogen) atoms. The van der Waals surface area contributed by atoms with Gasteiger partial charge in [0.15, 0.2) is 0 Å². The number of hydrogen-bond donors (Lipinski definition) is 1. The fourth-order valence-electron chi connectivity index (χ4n) is 3.34. The highest BCUT2D eigenvalue weighted by molar-refractivity contribution is 7.89. The summed E-state index contributed by atoms with van der Waals surface area (Å²) in [6.07, 6.45) is -4.30. The third-order valence-electron chi connectivity index (χ3n) is 4.83. The van der Waals surface area contributed by atoms with E-state index in [2.05, 4.69) is 10.1 Å². The maximum atomic E-state index is 13.2. The molecule has 0 spiro atoms. The van der Waals surface area contributed by atoms with E-state index in [4.69, 9.17) is 11.6 Å². The molecule has 1 saturated heterocycles. The lowest BCUT2D eigenvalue weighted by Crippen LogP contribution is -2.48. The average Bonchev–Trinajstić information content (AvgIpc) is 3.11. The summed E-state index contributed by atoms with van der Waals surface area (Å²) in [5.74, 6) is -0.482. The van der Waals surface area contributed by atoms with Crippen molar-refractivity contribution < 1.29 is 26.3 Å². The standard InChI is InChI=1S/C18H18ClF3N2O3S/c1-24(17(10-11-23-12-17)13-2-4-14(19)5-3-13)28(25,26)16-8-6-15(7-9-16)27-18(20,21)22/h2-9,23H,10-12H2,1H3. The van der Waals surface area contributed by atoms with Gasteiger partial charge in [-0.05, 0) is 54.9 Å². The van der Waals surface area contributed by atoms with E-state index in [1.54, 1.807) is 24.3 Å². The normalized spacial score (nSPS) is 20.5. The monoisotopic (exact) mass is 434 g/mol. The number of sulfonamides is 1. The van der Waals surface area contributed by atoms with E-state index in [0.29, 0.717) is 24.5 Å². The van der Waals surface area contributed by atoms with E-state index in [0.717, 1.165) is 29.8 Å². The number of ether oxygens (including phenoxy) is 1. The largest absolute Gasteiger partial charge is 0.573 e. The zero-order valence-corrected chi connectivity index (χ0v) is 16.4. The Balaban J connectivity index is 1.94. The molecular formula is C18H18ClF3N2O3S. The molecule has 1 fully saturated rings. The van der Waals surface area contributed by atoms with Crippen molar-refractivity contribution in [3.8, 4) is 5.75 Å². The van der Waals surface area contributed by atoms with Crippen LogP contribution < -0.4 is 10.1 Å². The van der Waals surface area contributed by atoms with Crippen molar-refractivity contribution in [3.05, 3.63) is 59.1 Å². The quantitative estimate of drug-likeness (QED) is 0.778. The Kier molecular flexibility index (Phi) is 5.64. The second-order valence-electron chi connectivity index (χ2n) is 6.46. The van der Waals surface area contributed by atoms with Gasteiger partial charge in [0.2, 0.25) is 10.0 Å². The molecule has 0 bridgehead atoms. The molecule has 0 aliphatic carbocycles. The Labute approximate surface area is 166 Å². The van der Waals surface area contributed by atoms with Gasteiger partial charge in [-0.15, -0.1) is 13.2 Å². The van der Waals surface area contributed by atoms with E-state index in [1.807, 2.05) is 0 Å². The highest BCUT2D eigenvalue weighted by Crippen LogP contribution is 2.38. The second-order valence-corrected chi connectivity index (χ2v) is 8.86. The first-order valence-electron chi connectivity index (χ1n) is 8.36. The lowest BCUT2D eigenvalue weighted by Gasteiger charge is -2.37. The first kappa shape index (κ1) is 20.9. The summed E-state index contributed by atoms with van der Waals surface area (Å²) in [4.78, 5) is -0.121. The molecule has 1 aliphatic heterocycles. The van der Waals surface area contributed by atoms with Gasteiger partial charge < -0.3 is 10.1 Å². The first-order chi connectivity index (χ1) is 13.0. The van der Waals surface area contributed by atoms with Gasteiger partial charge in [-0.3, -0.25) is 0 Å². The van der Waals surface area contributed by atoms with Gasteiger partial charge in [-0.2, -0.15) is 4.31 Å². The van der Waals surface area contributed by atoms with Gasteiger partial charge in [0.05, 0.1) is 10.4 Å². The van der Waals surface area contributed by atoms with Gasteiger partial charge in [0.25, 0.3) is 0 Å². The zero-order chi connectivity index (χ0) is 20.6. The average molecular weight is 435 g/mol. The molecular weight excluding hydrogens is 417 g/mol. The van der Waals surface area contributed by atoms with Crippen LogP contribution in [0.5, 0.6) is 5.75 Å². The zero-order valence-electron chi connectivity index (χ0n) is 14.8. The van der Waals surface area contributed by atoms with E-state index >= 15 is 0 Å². The molecule has 1 atom stereocenters. The molecule has 1 unspecified atom stereocenters. The highest BCUT2D eigenvalue weighted by atomic mass is 35.5. The van der Waals surface area contributed by atoms with Crippen LogP contribution in [-0.2, 0) is 15.6 Å². The summed E-state index contributed by atoms with van der Waals surface area (Å²) in [6.45, 7) is 1.03. The number of benzene rings is 2. The Bertz CT molecular complexity index is 926. The summed E-state index contributed by atoms with van der Waals surface area (Å²) in [5.41, 5.74) is -0.0464. The molecule has 2 aromatic rings. The van der Waals surface area contributed by atoms with Gasteiger partial charge in [-0.25, -0.2) is 8.42 Å². The number of alkyl halides is 3. The van der Waals surface area contributed by atoms with Crippen molar-refractivity contribution in [1.82, 2.24) is 9.62 Å². The molecule has 2 aromatic carbocycles. The topological polar surface area (TPSA) is 58.6 Å². The summed E-state index contributed by atoms with van der Waals surface area (Å²) in [6, 6.07) is 11.1. The van der Waals surface area contributed by atoms with Crippen LogP contribution in [0.25, 0.3) is 0 Å². The second kappa shape index (κ2) is 7.55. The van der Waals surface area contributed by atoms with Gasteiger partial charge in [-0.1, -0.05) is 23.7 Å². The fourth-order valence-corrected chi connectivity index (χ4v) is 4.98. The summed E-state index contributed by atoms with van der Waals surface area (Å²) in [5, 5.41) is 3.72. The van der Waals surface area contributed by atoms with Crippen molar-refractivity contribution in [1.29, 1.82) is 0 Å². The highest BCUT2D eigenvalue weighted by Gasteiger charge is 2.45. The van der Waals surface area contributed by atoms with Crippen LogP contribution in [0, 0.1) is 0 Å². The predicted octanol–water partition coefficient (Wildman–Crippen LogP) is 3.75. The van der Waals surface area contributed by atoms with Gasteiger partial charge in [0.1, 0.15) is 5.75 Å². The van der Waals surface area contributed by atoms with Crippen LogP contribution >= 0.6 is 11.6 Å². The van der Waals surface area contributed by atoms with E-state index in [1.165, 1.54) is 11.4 Å². The minimum atomic E-state index is -4.84. The van der Waals surface area contributed by atoms with Crippen LogP contribution in [-0.4, -0.2) is 39.2 Å².